The number of thioether (sulfide) groups is 1. The molecule has 0 saturated carbocycles. The Morgan fingerprint density at radius 2 is 1.74 bits per heavy atom. The molecule has 0 aliphatic carbocycles. The van der Waals surface area contributed by atoms with Crippen LogP contribution in [0.1, 0.15) is 50.8 Å². The van der Waals surface area contributed by atoms with Gasteiger partial charge in [0.2, 0.25) is 11.8 Å². The number of carbonyl (C=O) groups is 2. The summed E-state index contributed by atoms with van der Waals surface area (Å²) in [6.45, 7) is 10.1. The molecule has 0 bridgehead atoms. The number of carbonyl (C=O) groups excluding carboxylic acids is 2. The second-order valence-corrected chi connectivity index (χ2v) is 9.72. The Kier molecular flexibility index (Phi) is 9.11. The number of aryl methyl sites for hydroxylation is 1. The molecule has 31 heavy (non-hydrogen) atoms. The van der Waals surface area contributed by atoms with Gasteiger partial charge < -0.3 is 10.2 Å². The maximum absolute atomic E-state index is 13.2. The normalized spacial score (nSPS) is 12.3. The number of nitrogens with zero attached hydrogens (tertiary/aromatic N) is 1. The lowest BCUT2D eigenvalue weighted by atomic mass is 10.0. The van der Waals surface area contributed by atoms with Crippen LogP contribution in [0.25, 0.3) is 0 Å². The summed E-state index contributed by atoms with van der Waals surface area (Å²) in [6, 6.07) is 13.7. The summed E-state index contributed by atoms with van der Waals surface area (Å²) in [5.41, 5.74) is 2.70. The van der Waals surface area contributed by atoms with Gasteiger partial charge in [-0.3, -0.25) is 9.59 Å². The average Bonchev–Trinajstić information content (AvgIpc) is 2.69. The molecule has 0 unspecified atom stereocenters. The molecule has 0 aromatic heterocycles. The van der Waals surface area contributed by atoms with E-state index in [2.05, 4.69) is 5.32 Å². The van der Waals surface area contributed by atoms with Gasteiger partial charge in [-0.25, -0.2) is 4.39 Å². The third kappa shape index (κ3) is 8.02. The number of halogens is 1. The van der Waals surface area contributed by atoms with Crippen molar-refractivity contribution in [3.8, 4) is 0 Å². The van der Waals surface area contributed by atoms with Gasteiger partial charge in [0.1, 0.15) is 11.9 Å². The Morgan fingerprint density at radius 1 is 1.10 bits per heavy atom. The summed E-state index contributed by atoms with van der Waals surface area (Å²) in [7, 11) is 0. The first-order valence-corrected chi connectivity index (χ1v) is 11.7. The predicted octanol–water partition coefficient (Wildman–Crippen LogP) is 5.09. The van der Waals surface area contributed by atoms with Crippen LogP contribution in [-0.4, -0.2) is 34.0 Å². The fourth-order valence-electron chi connectivity index (χ4n) is 3.26. The molecule has 168 valence electrons. The largest absolute Gasteiger partial charge is 0.350 e. The molecule has 2 rings (SSSR count). The monoisotopic (exact) mass is 444 g/mol. The van der Waals surface area contributed by atoms with E-state index in [1.54, 1.807) is 17.0 Å². The first kappa shape index (κ1) is 24.9. The third-order valence-corrected chi connectivity index (χ3v) is 5.88. The lowest BCUT2D eigenvalue weighted by Gasteiger charge is -2.33. The minimum absolute atomic E-state index is 0.0775. The van der Waals surface area contributed by atoms with Crippen LogP contribution in [0.5, 0.6) is 0 Å². The van der Waals surface area contributed by atoms with E-state index in [0.717, 1.165) is 16.7 Å². The van der Waals surface area contributed by atoms with Gasteiger partial charge in [-0.05, 0) is 62.9 Å². The molecule has 2 aromatic carbocycles. The maximum Gasteiger partial charge on any atom is 0.243 e. The van der Waals surface area contributed by atoms with E-state index in [4.69, 9.17) is 0 Å². The Balaban J connectivity index is 2.16. The van der Waals surface area contributed by atoms with E-state index >= 15 is 0 Å². The van der Waals surface area contributed by atoms with Gasteiger partial charge in [-0.2, -0.15) is 0 Å². The van der Waals surface area contributed by atoms with Gasteiger partial charge in [0.25, 0.3) is 0 Å². The summed E-state index contributed by atoms with van der Waals surface area (Å²) < 4.78 is 13.1. The molecule has 1 atom stereocenters. The first-order chi connectivity index (χ1) is 14.6. The van der Waals surface area contributed by atoms with Crippen LogP contribution in [0.4, 0.5) is 4.39 Å². The zero-order chi connectivity index (χ0) is 23.0. The van der Waals surface area contributed by atoms with E-state index in [1.165, 1.54) is 23.9 Å². The van der Waals surface area contributed by atoms with Crippen LogP contribution >= 0.6 is 11.8 Å². The van der Waals surface area contributed by atoms with Crippen LogP contribution in [-0.2, 0) is 21.9 Å². The standard InChI is InChI=1S/C25H33FN2O2S/c1-6-22(24(30)27-25(3,4)5)28(15-20-10-8-7-9-18(20)2)23(29)17-31-16-19-11-13-21(26)14-12-19/h7-14,22H,6,15-17H2,1-5H3,(H,27,30)/t22-/m1/s1. The molecule has 4 nitrogen and oxygen atoms in total. The van der Waals surface area contributed by atoms with Crippen molar-refractivity contribution in [2.45, 2.75) is 64.9 Å². The van der Waals surface area contributed by atoms with Crippen molar-refractivity contribution in [3.05, 3.63) is 71.0 Å². The van der Waals surface area contributed by atoms with Gasteiger partial charge in [0.15, 0.2) is 0 Å². The van der Waals surface area contributed by atoms with Crippen molar-refractivity contribution in [1.82, 2.24) is 10.2 Å². The lowest BCUT2D eigenvalue weighted by molar-refractivity contribution is -0.140. The topological polar surface area (TPSA) is 49.4 Å². The van der Waals surface area contributed by atoms with E-state index in [9.17, 15) is 14.0 Å². The molecule has 6 heteroatoms. The molecule has 2 amide bonds. The van der Waals surface area contributed by atoms with Crippen LogP contribution in [0, 0.1) is 12.7 Å². The summed E-state index contributed by atoms with van der Waals surface area (Å²) in [5, 5.41) is 3.02. The quantitative estimate of drug-likeness (QED) is 0.586. The molecule has 2 aromatic rings. The first-order valence-electron chi connectivity index (χ1n) is 10.6. The van der Waals surface area contributed by atoms with E-state index in [-0.39, 0.29) is 28.9 Å². The fraction of sp³-hybridized carbons (Fsp3) is 0.440. The smallest absolute Gasteiger partial charge is 0.243 e. The van der Waals surface area contributed by atoms with Gasteiger partial charge in [-0.1, -0.05) is 43.3 Å². The van der Waals surface area contributed by atoms with Crippen molar-refractivity contribution in [1.29, 1.82) is 0 Å². The van der Waals surface area contributed by atoms with Crippen LogP contribution in [0.15, 0.2) is 48.5 Å². The number of benzene rings is 2. The molecule has 0 aliphatic heterocycles. The number of nitrogens with one attached hydrogen (secondary N) is 1. The highest BCUT2D eigenvalue weighted by atomic mass is 32.2. The van der Waals surface area contributed by atoms with Crippen molar-refractivity contribution in [2.75, 3.05) is 5.75 Å². The highest BCUT2D eigenvalue weighted by Crippen LogP contribution is 2.19. The molecule has 1 N–H and O–H groups in total. The second-order valence-electron chi connectivity index (χ2n) is 8.73. The van der Waals surface area contributed by atoms with Gasteiger partial charge in [0.05, 0.1) is 5.75 Å². The fourth-order valence-corrected chi connectivity index (χ4v) is 4.13. The van der Waals surface area contributed by atoms with Crippen molar-refractivity contribution in [2.24, 2.45) is 0 Å². The SMILES string of the molecule is CC[C@H](C(=O)NC(C)(C)C)N(Cc1ccccc1C)C(=O)CSCc1ccc(F)cc1. The Hall–Kier alpha value is -2.34. The maximum atomic E-state index is 13.2. The molecular weight excluding hydrogens is 411 g/mol. The Bertz CT molecular complexity index is 878. The number of hydrogen-bond donors (Lipinski definition) is 1. The molecular formula is C25H33FN2O2S. The van der Waals surface area contributed by atoms with Crippen molar-refractivity contribution in [3.63, 3.8) is 0 Å². The zero-order valence-electron chi connectivity index (χ0n) is 19.1. The molecule has 0 heterocycles. The number of rotatable bonds is 9. The highest BCUT2D eigenvalue weighted by Gasteiger charge is 2.30. The summed E-state index contributed by atoms with van der Waals surface area (Å²) in [4.78, 5) is 27.9. The Labute approximate surface area is 189 Å². The molecule has 0 aliphatic rings. The van der Waals surface area contributed by atoms with Crippen LogP contribution < -0.4 is 5.32 Å². The summed E-state index contributed by atoms with van der Waals surface area (Å²) in [5.74, 6) is 0.370. The zero-order valence-corrected chi connectivity index (χ0v) is 19.9. The second kappa shape index (κ2) is 11.3. The number of amides is 2. The predicted molar refractivity (Wildman–Crippen MR) is 126 cm³/mol. The summed E-state index contributed by atoms with van der Waals surface area (Å²) in [6.07, 6.45) is 0.530. The van der Waals surface area contributed by atoms with Crippen molar-refractivity contribution >= 4 is 23.6 Å². The van der Waals surface area contributed by atoms with E-state index in [1.807, 2.05) is 58.9 Å². The van der Waals surface area contributed by atoms with Gasteiger partial charge >= 0.3 is 0 Å². The molecule has 0 fully saturated rings. The lowest BCUT2D eigenvalue weighted by Crippen LogP contribution is -2.53. The third-order valence-electron chi connectivity index (χ3n) is 4.89. The van der Waals surface area contributed by atoms with E-state index < -0.39 is 6.04 Å². The number of hydrogen-bond acceptors (Lipinski definition) is 3. The van der Waals surface area contributed by atoms with Gasteiger partial charge in [0, 0.05) is 17.8 Å². The van der Waals surface area contributed by atoms with Crippen molar-refractivity contribution < 1.29 is 14.0 Å². The van der Waals surface area contributed by atoms with E-state index in [0.29, 0.717) is 18.7 Å². The van der Waals surface area contributed by atoms with Crippen LogP contribution in [0.3, 0.4) is 0 Å². The Morgan fingerprint density at radius 3 is 2.32 bits per heavy atom. The summed E-state index contributed by atoms with van der Waals surface area (Å²) >= 11 is 1.47. The minimum Gasteiger partial charge on any atom is -0.350 e. The van der Waals surface area contributed by atoms with Gasteiger partial charge in [-0.15, -0.1) is 11.8 Å². The molecule has 0 saturated heterocycles. The molecule has 0 spiro atoms. The van der Waals surface area contributed by atoms with Crippen LogP contribution in [0.2, 0.25) is 0 Å². The average molecular weight is 445 g/mol. The highest BCUT2D eigenvalue weighted by molar-refractivity contribution is 7.99. The molecule has 0 radical (unpaired) electrons. The minimum atomic E-state index is -0.544.